The van der Waals surface area contributed by atoms with Gasteiger partial charge in [0.1, 0.15) is 5.60 Å². The second kappa shape index (κ2) is 3.90. The first-order chi connectivity index (χ1) is 7.75. The summed E-state index contributed by atoms with van der Waals surface area (Å²) < 4.78 is 5.41. The molecule has 0 spiro atoms. The van der Waals surface area contributed by atoms with E-state index in [2.05, 4.69) is 16.8 Å². The predicted octanol–water partition coefficient (Wildman–Crippen LogP) is 1.89. The summed E-state index contributed by atoms with van der Waals surface area (Å²) in [5, 5.41) is 0.967. The highest BCUT2D eigenvalue weighted by atomic mass is 32.2. The van der Waals surface area contributed by atoms with Gasteiger partial charge in [-0.15, -0.1) is 0 Å². The van der Waals surface area contributed by atoms with Crippen LogP contribution in [0.2, 0.25) is 0 Å². The summed E-state index contributed by atoms with van der Waals surface area (Å²) in [6.45, 7) is 8.84. The molecule has 0 radical (unpaired) electrons. The van der Waals surface area contributed by atoms with Crippen molar-refractivity contribution in [3.8, 4) is 0 Å². The van der Waals surface area contributed by atoms with Crippen molar-refractivity contribution in [1.29, 1.82) is 0 Å². The number of carbonyl (C=O) groups excluding carboxylic acids is 1. The van der Waals surface area contributed by atoms with Crippen LogP contribution in [0.1, 0.15) is 34.1 Å². The van der Waals surface area contributed by atoms with Crippen LogP contribution >= 0.6 is 11.8 Å². The van der Waals surface area contributed by atoms with E-state index in [0.29, 0.717) is 0 Å². The van der Waals surface area contributed by atoms with E-state index in [4.69, 9.17) is 4.74 Å². The first-order valence-electron chi connectivity index (χ1n) is 5.87. The Morgan fingerprint density at radius 1 is 1.59 bits per heavy atom. The summed E-state index contributed by atoms with van der Waals surface area (Å²) in [6, 6.07) is -0.333. The Labute approximate surface area is 107 Å². The second-order valence-electron chi connectivity index (χ2n) is 5.95. The number of esters is 1. The van der Waals surface area contributed by atoms with Gasteiger partial charge in [-0.2, -0.15) is 0 Å². The van der Waals surface area contributed by atoms with Gasteiger partial charge >= 0.3 is 5.97 Å². The van der Waals surface area contributed by atoms with Gasteiger partial charge in [0.05, 0.1) is 5.54 Å². The van der Waals surface area contributed by atoms with E-state index >= 15 is 0 Å². The van der Waals surface area contributed by atoms with Gasteiger partial charge in [0.25, 0.3) is 0 Å². The third-order valence-electron chi connectivity index (χ3n) is 3.04. The van der Waals surface area contributed by atoms with Crippen molar-refractivity contribution in [2.45, 2.75) is 51.3 Å². The predicted molar refractivity (Wildman–Crippen MR) is 70.3 cm³/mol. The fraction of sp³-hybridized carbons (Fsp3) is 0.833. The maximum absolute atomic E-state index is 12.0. The van der Waals surface area contributed by atoms with Gasteiger partial charge in [-0.1, -0.05) is 11.8 Å². The monoisotopic (exact) mass is 256 g/mol. The zero-order valence-corrected chi connectivity index (χ0v) is 11.9. The molecule has 0 N–H and O–H groups in total. The van der Waals surface area contributed by atoms with Crippen molar-refractivity contribution >= 4 is 22.9 Å². The van der Waals surface area contributed by atoms with Crippen LogP contribution in [0.25, 0.3) is 0 Å². The third-order valence-corrected chi connectivity index (χ3v) is 3.73. The van der Waals surface area contributed by atoms with E-state index in [1.54, 1.807) is 11.8 Å². The molecule has 4 nitrogen and oxygen atoms in total. The number of hydrogen-bond acceptors (Lipinski definition) is 5. The lowest BCUT2D eigenvalue weighted by atomic mass is 10.0. The minimum atomic E-state index is -0.437. The van der Waals surface area contributed by atoms with Gasteiger partial charge in [0.15, 0.2) is 11.2 Å². The van der Waals surface area contributed by atoms with Crippen LogP contribution in [0.5, 0.6) is 0 Å². The van der Waals surface area contributed by atoms with Gasteiger partial charge in [-0.05, 0) is 34.0 Å². The fourth-order valence-corrected chi connectivity index (χ4v) is 2.85. The molecule has 2 heterocycles. The lowest BCUT2D eigenvalue weighted by Crippen LogP contribution is -2.38. The summed E-state index contributed by atoms with van der Waals surface area (Å²) >= 11 is 1.60. The maximum Gasteiger partial charge on any atom is 0.331 e. The Kier molecular flexibility index (Phi) is 2.92. The average Bonchev–Trinajstić information content (AvgIpc) is 2.85. The zero-order chi connectivity index (χ0) is 12.8. The Morgan fingerprint density at radius 2 is 2.24 bits per heavy atom. The molecule has 0 amide bonds. The van der Waals surface area contributed by atoms with Gasteiger partial charge < -0.3 is 9.64 Å². The molecule has 2 rings (SSSR count). The Hall–Kier alpha value is -0.710. The standard InChI is InChI=1S/C12H20N2O2S/c1-11(2,3)16-9(15)8-6-12(4)7-14(12)10(13-8)17-5/h8H,6-7H2,1-5H3/t8-,12+,14?/m0/s1. The van der Waals surface area contributed by atoms with Gasteiger partial charge in [-0.3, -0.25) is 0 Å². The Morgan fingerprint density at radius 3 is 2.76 bits per heavy atom. The molecule has 2 aliphatic heterocycles. The maximum atomic E-state index is 12.0. The fourth-order valence-electron chi connectivity index (χ4n) is 2.11. The highest BCUT2D eigenvalue weighted by Crippen LogP contribution is 2.43. The lowest BCUT2D eigenvalue weighted by Gasteiger charge is -2.27. The first kappa shape index (κ1) is 12.7. The first-order valence-corrected chi connectivity index (χ1v) is 7.10. The molecule has 2 atom stereocenters. The van der Waals surface area contributed by atoms with Crippen LogP contribution in [-0.4, -0.2) is 46.0 Å². The molecule has 1 fully saturated rings. The highest BCUT2D eigenvalue weighted by molar-refractivity contribution is 8.13. The number of carbonyl (C=O) groups is 1. The second-order valence-corrected chi connectivity index (χ2v) is 6.73. The summed E-state index contributed by atoms with van der Waals surface area (Å²) in [4.78, 5) is 18.8. The minimum absolute atomic E-state index is 0.127. The van der Waals surface area contributed by atoms with E-state index in [1.807, 2.05) is 27.0 Å². The van der Waals surface area contributed by atoms with Gasteiger partial charge in [0.2, 0.25) is 0 Å². The average molecular weight is 256 g/mol. The normalized spacial score (nSPS) is 31.7. The number of fused-ring (bicyclic) bond motifs is 1. The molecule has 2 aliphatic rings. The van der Waals surface area contributed by atoms with Crippen LogP contribution in [0.4, 0.5) is 0 Å². The quantitative estimate of drug-likeness (QED) is 0.531. The molecule has 1 saturated heterocycles. The Balaban J connectivity index is 2.10. The molecule has 0 saturated carbocycles. The Bertz CT molecular complexity index is 375. The van der Waals surface area contributed by atoms with Crippen molar-refractivity contribution in [3.63, 3.8) is 0 Å². The van der Waals surface area contributed by atoms with Crippen molar-refractivity contribution in [3.05, 3.63) is 0 Å². The number of ether oxygens (including phenoxy) is 1. The van der Waals surface area contributed by atoms with Gasteiger partial charge in [-0.25, -0.2) is 9.79 Å². The molecule has 0 aromatic rings. The molecular formula is C12H20N2O2S. The van der Waals surface area contributed by atoms with Crippen LogP contribution in [-0.2, 0) is 9.53 Å². The SMILES string of the molecule is CSC1=N[C@H](C(=O)OC(C)(C)C)C[C@]2(C)CN12. The number of rotatable bonds is 1. The number of aliphatic imine (C=N–C) groups is 1. The van der Waals surface area contributed by atoms with Gasteiger partial charge in [0, 0.05) is 13.0 Å². The van der Waals surface area contributed by atoms with Crippen molar-refractivity contribution in [2.75, 3.05) is 12.8 Å². The van der Waals surface area contributed by atoms with Crippen molar-refractivity contribution in [1.82, 2.24) is 4.90 Å². The molecule has 0 aromatic heterocycles. The lowest BCUT2D eigenvalue weighted by molar-refractivity contribution is -0.156. The topological polar surface area (TPSA) is 41.7 Å². The van der Waals surface area contributed by atoms with Crippen LogP contribution in [0.3, 0.4) is 0 Å². The number of amidine groups is 1. The molecule has 5 heteroatoms. The summed E-state index contributed by atoms with van der Waals surface area (Å²) in [6.07, 6.45) is 2.76. The van der Waals surface area contributed by atoms with Crippen molar-refractivity contribution in [2.24, 2.45) is 4.99 Å². The van der Waals surface area contributed by atoms with E-state index in [9.17, 15) is 4.79 Å². The summed E-state index contributed by atoms with van der Waals surface area (Å²) in [5.41, 5.74) is -0.310. The molecule has 0 aromatic carbocycles. The summed E-state index contributed by atoms with van der Waals surface area (Å²) in [7, 11) is 0. The van der Waals surface area contributed by atoms with Crippen molar-refractivity contribution < 1.29 is 9.53 Å². The van der Waals surface area contributed by atoms with E-state index in [-0.39, 0.29) is 17.6 Å². The summed E-state index contributed by atoms with van der Waals surface area (Å²) in [5.74, 6) is -0.197. The van der Waals surface area contributed by atoms with Crippen LogP contribution in [0, 0.1) is 0 Å². The van der Waals surface area contributed by atoms with E-state index in [1.165, 1.54) is 0 Å². The number of hydrogen-bond donors (Lipinski definition) is 0. The molecule has 0 unspecified atom stereocenters. The third kappa shape index (κ3) is 2.59. The van der Waals surface area contributed by atoms with E-state index in [0.717, 1.165) is 18.1 Å². The molecule has 0 aliphatic carbocycles. The highest BCUT2D eigenvalue weighted by Gasteiger charge is 2.54. The molecular weight excluding hydrogens is 236 g/mol. The van der Waals surface area contributed by atoms with E-state index < -0.39 is 5.60 Å². The molecule has 0 bridgehead atoms. The van der Waals surface area contributed by atoms with Crippen LogP contribution in [0.15, 0.2) is 4.99 Å². The number of thioether (sulfide) groups is 1. The molecule has 17 heavy (non-hydrogen) atoms. The largest absolute Gasteiger partial charge is 0.458 e. The number of nitrogens with zero attached hydrogens (tertiary/aromatic N) is 2. The zero-order valence-electron chi connectivity index (χ0n) is 11.1. The minimum Gasteiger partial charge on any atom is -0.458 e. The smallest absolute Gasteiger partial charge is 0.331 e. The molecule has 96 valence electrons. The van der Waals surface area contributed by atoms with Crippen LogP contribution < -0.4 is 0 Å².